The summed E-state index contributed by atoms with van der Waals surface area (Å²) in [5.41, 5.74) is 3.03. The number of carbonyl (C=O) groups is 3. The van der Waals surface area contributed by atoms with Gasteiger partial charge in [-0.3, -0.25) is 14.4 Å². The fourth-order valence-corrected chi connectivity index (χ4v) is 3.71. The molecule has 0 radical (unpaired) electrons. The fourth-order valence-electron chi connectivity index (χ4n) is 2.59. The van der Waals surface area contributed by atoms with Crippen molar-refractivity contribution < 1.29 is 19.5 Å². The summed E-state index contributed by atoms with van der Waals surface area (Å²) < 4.78 is 0. The first-order valence-electron chi connectivity index (χ1n) is 8.80. The molecule has 0 aliphatic carbocycles. The first kappa shape index (κ1) is 22.0. The van der Waals surface area contributed by atoms with Gasteiger partial charge in [0.1, 0.15) is 0 Å². The van der Waals surface area contributed by atoms with Crippen molar-refractivity contribution in [2.75, 3.05) is 17.8 Å². The highest BCUT2D eigenvalue weighted by molar-refractivity contribution is 8.14. The maximum absolute atomic E-state index is 12.4. The Labute approximate surface area is 173 Å². The summed E-state index contributed by atoms with van der Waals surface area (Å²) in [6.45, 7) is 0. The van der Waals surface area contributed by atoms with Gasteiger partial charge in [-0.15, -0.1) is 0 Å². The van der Waals surface area contributed by atoms with Crippen molar-refractivity contribution in [3.05, 3.63) is 60.2 Å². The molecule has 0 aromatic heterocycles. The highest BCUT2D eigenvalue weighted by Gasteiger charge is 2.21. The zero-order valence-corrected chi connectivity index (χ0v) is 17.2. The topological polar surface area (TPSA) is 83.5 Å². The van der Waals surface area contributed by atoms with E-state index in [9.17, 15) is 14.4 Å². The molecule has 0 fully saturated rings. The monoisotopic (exact) mass is 417 g/mol. The van der Waals surface area contributed by atoms with Gasteiger partial charge in [0.25, 0.3) is 0 Å². The van der Waals surface area contributed by atoms with Gasteiger partial charge in [-0.1, -0.05) is 66.4 Å². The van der Waals surface area contributed by atoms with Crippen molar-refractivity contribution in [1.29, 1.82) is 0 Å². The maximum Gasteiger partial charge on any atom is 0.313 e. The molecule has 2 N–H and O–H groups in total. The molecule has 148 valence electrons. The number of nitrogens with one attached hydrogen (secondary N) is 1. The number of hydrogen-bond donors (Lipinski definition) is 2. The molecule has 7 heteroatoms. The molecular weight excluding hydrogens is 394 g/mol. The molecule has 0 unspecified atom stereocenters. The number of carbonyl (C=O) groups excluding carboxylic acids is 2. The van der Waals surface area contributed by atoms with Crippen molar-refractivity contribution >= 4 is 40.5 Å². The normalized spacial score (nSPS) is 11.6. The Hall–Kier alpha value is -2.25. The second-order valence-corrected chi connectivity index (χ2v) is 8.11. The third-order valence-electron chi connectivity index (χ3n) is 3.99. The third kappa shape index (κ3) is 7.40. The second kappa shape index (κ2) is 11.6. The summed E-state index contributed by atoms with van der Waals surface area (Å²) in [6.07, 6.45) is 2.56. The van der Waals surface area contributed by atoms with Crippen molar-refractivity contribution in [2.45, 2.75) is 18.9 Å². The van der Waals surface area contributed by atoms with Crippen LogP contribution in [0.5, 0.6) is 0 Å². The van der Waals surface area contributed by atoms with E-state index in [0.29, 0.717) is 12.2 Å². The van der Waals surface area contributed by atoms with E-state index in [2.05, 4.69) is 5.32 Å². The quantitative estimate of drug-likeness (QED) is 0.616. The molecule has 2 rings (SSSR count). The number of thioether (sulfide) groups is 2. The van der Waals surface area contributed by atoms with Gasteiger partial charge in [0.15, 0.2) is 0 Å². The Balaban J connectivity index is 1.95. The van der Waals surface area contributed by atoms with Crippen LogP contribution in [0.1, 0.15) is 12.0 Å². The summed E-state index contributed by atoms with van der Waals surface area (Å²) in [5, 5.41) is 11.2. The average Bonchev–Trinajstić information content (AvgIpc) is 2.70. The van der Waals surface area contributed by atoms with E-state index < -0.39 is 12.0 Å². The van der Waals surface area contributed by atoms with Crippen LogP contribution in [-0.4, -0.2) is 45.9 Å². The number of amides is 1. The number of carboxylic acid groups (broad SMARTS) is 1. The van der Waals surface area contributed by atoms with Gasteiger partial charge in [-0.05, 0) is 35.1 Å². The van der Waals surface area contributed by atoms with Gasteiger partial charge >= 0.3 is 5.97 Å². The highest BCUT2D eigenvalue weighted by atomic mass is 32.2. The van der Waals surface area contributed by atoms with Crippen molar-refractivity contribution in [3.63, 3.8) is 0 Å². The minimum absolute atomic E-state index is 0.168. The Morgan fingerprint density at radius 1 is 1.00 bits per heavy atom. The minimum Gasteiger partial charge on any atom is -0.481 e. The van der Waals surface area contributed by atoms with E-state index in [1.165, 1.54) is 0 Å². The molecule has 0 aliphatic heterocycles. The van der Waals surface area contributed by atoms with Gasteiger partial charge in [0.2, 0.25) is 11.0 Å². The number of rotatable bonds is 10. The predicted molar refractivity (Wildman–Crippen MR) is 116 cm³/mol. The zero-order valence-electron chi connectivity index (χ0n) is 15.6. The van der Waals surface area contributed by atoms with Crippen LogP contribution in [0.15, 0.2) is 54.6 Å². The highest BCUT2D eigenvalue weighted by Crippen LogP contribution is 2.19. The van der Waals surface area contributed by atoms with Crippen LogP contribution in [0.3, 0.4) is 0 Å². The van der Waals surface area contributed by atoms with Crippen LogP contribution in [-0.2, 0) is 20.8 Å². The molecule has 28 heavy (non-hydrogen) atoms. The van der Waals surface area contributed by atoms with E-state index in [-0.39, 0.29) is 23.2 Å². The largest absolute Gasteiger partial charge is 0.481 e. The van der Waals surface area contributed by atoms with Gasteiger partial charge < -0.3 is 10.4 Å². The lowest BCUT2D eigenvalue weighted by Gasteiger charge is -2.16. The minimum atomic E-state index is -1.05. The van der Waals surface area contributed by atoms with Gasteiger partial charge in [-0.2, -0.15) is 11.8 Å². The van der Waals surface area contributed by atoms with Crippen LogP contribution < -0.4 is 5.32 Å². The van der Waals surface area contributed by atoms with Gasteiger partial charge in [-0.25, -0.2) is 0 Å². The van der Waals surface area contributed by atoms with Gasteiger partial charge in [0, 0.05) is 0 Å². The SMILES string of the molecule is CSCC[C@H](NC(=O)Cc1ccc(-c2ccccc2)cc1)C(=O)SCC(=O)O. The number of hydrogen-bond acceptors (Lipinski definition) is 5. The van der Waals surface area contributed by atoms with Crippen LogP contribution in [0.25, 0.3) is 11.1 Å². The molecule has 0 heterocycles. The molecule has 0 aliphatic rings. The van der Waals surface area contributed by atoms with Crippen molar-refractivity contribution in [3.8, 4) is 11.1 Å². The predicted octanol–water partition coefficient (Wildman–Crippen LogP) is 3.48. The molecule has 2 aromatic rings. The molecule has 0 spiro atoms. The summed E-state index contributed by atoms with van der Waals surface area (Å²) in [5.74, 6) is -0.892. The van der Waals surface area contributed by atoms with Crippen LogP contribution in [0.2, 0.25) is 0 Å². The Bertz CT molecular complexity index is 794. The van der Waals surface area contributed by atoms with E-state index in [1.807, 2.05) is 60.9 Å². The zero-order chi connectivity index (χ0) is 20.4. The molecule has 0 saturated heterocycles. The fraction of sp³-hybridized carbons (Fsp3) is 0.286. The standard InChI is InChI=1S/C21H23NO4S2/c1-27-12-11-18(21(26)28-14-20(24)25)22-19(23)13-15-7-9-17(10-8-15)16-5-3-2-4-6-16/h2-10,18H,11-14H2,1H3,(H,22,23)(H,24,25)/t18-/m0/s1. The summed E-state index contributed by atoms with van der Waals surface area (Å²) >= 11 is 2.30. The number of aliphatic carboxylic acids is 1. The molecule has 1 atom stereocenters. The Kier molecular flexibility index (Phi) is 9.10. The summed E-state index contributed by atoms with van der Waals surface area (Å²) in [7, 11) is 0. The van der Waals surface area contributed by atoms with Crippen molar-refractivity contribution in [2.24, 2.45) is 0 Å². The van der Waals surface area contributed by atoms with Gasteiger partial charge in [0.05, 0.1) is 18.2 Å². The first-order chi connectivity index (χ1) is 13.5. The summed E-state index contributed by atoms with van der Waals surface area (Å²) in [4.78, 5) is 35.3. The Morgan fingerprint density at radius 3 is 2.25 bits per heavy atom. The lowest BCUT2D eigenvalue weighted by molar-refractivity contribution is -0.134. The maximum atomic E-state index is 12.4. The molecule has 5 nitrogen and oxygen atoms in total. The van der Waals surface area contributed by atoms with E-state index in [4.69, 9.17) is 5.11 Å². The second-order valence-electron chi connectivity index (χ2n) is 6.14. The molecular formula is C21H23NO4S2. The lowest BCUT2D eigenvalue weighted by atomic mass is 10.0. The number of benzene rings is 2. The first-order valence-corrected chi connectivity index (χ1v) is 11.2. The van der Waals surface area contributed by atoms with Crippen LogP contribution in [0, 0.1) is 0 Å². The van der Waals surface area contributed by atoms with Crippen LogP contribution in [0.4, 0.5) is 0 Å². The molecule has 1 amide bonds. The lowest BCUT2D eigenvalue weighted by Crippen LogP contribution is -2.41. The van der Waals surface area contributed by atoms with Crippen molar-refractivity contribution in [1.82, 2.24) is 5.32 Å². The van der Waals surface area contributed by atoms with E-state index in [0.717, 1.165) is 28.5 Å². The van der Waals surface area contributed by atoms with E-state index in [1.54, 1.807) is 11.8 Å². The number of carboxylic acids is 1. The average molecular weight is 418 g/mol. The third-order valence-corrected chi connectivity index (χ3v) is 5.60. The molecule has 2 aromatic carbocycles. The van der Waals surface area contributed by atoms with Crippen LogP contribution >= 0.6 is 23.5 Å². The Morgan fingerprint density at radius 2 is 1.64 bits per heavy atom. The van der Waals surface area contributed by atoms with E-state index >= 15 is 0 Å². The summed E-state index contributed by atoms with van der Waals surface area (Å²) in [6, 6.07) is 17.0. The molecule has 0 bridgehead atoms. The molecule has 0 saturated carbocycles. The smallest absolute Gasteiger partial charge is 0.313 e.